The van der Waals surface area contributed by atoms with Crippen LogP contribution in [0.15, 0.2) is 42.5 Å². The van der Waals surface area contributed by atoms with Crippen LogP contribution in [-0.2, 0) is 9.53 Å². The molecule has 1 heterocycles. The molecule has 1 atom stereocenters. The van der Waals surface area contributed by atoms with Crippen molar-refractivity contribution in [3.8, 4) is 17.2 Å². The van der Waals surface area contributed by atoms with Gasteiger partial charge in [-0.1, -0.05) is 13.3 Å². The van der Waals surface area contributed by atoms with Crippen molar-refractivity contribution >= 4 is 17.6 Å². The lowest BCUT2D eigenvalue weighted by atomic mass is 10.2. The van der Waals surface area contributed by atoms with E-state index in [1.165, 1.54) is 6.92 Å². The van der Waals surface area contributed by atoms with Crippen molar-refractivity contribution in [1.29, 1.82) is 0 Å². The molecule has 2 aromatic carbocycles. The molecule has 1 N–H and O–H groups in total. The molecule has 0 fully saturated rings. The molecular formula is C21H23NO6. The number of unbranched alkanes of at least 4 members (excludes halogenated alkanes) is 1. The van der Waals surface area contributed by atoms with Crippen LogP contribution in [-0.4, -0.2) is 31.4 Å². The fourth-order valence-electron chi connectivity index (χ4n) is 2.52. The molecule has 7 heteroatoms. The summed E-state index contributed by atoms with van der Waals surface area (Å²) in [6.07, 6.45) is 1.06. The summed E-state index contributed by atoms with van der Waals surface area (Å²) in [4.78, 5) is 24.6. The van der Waals surface area contributed by atoms with Gasteiger partial charge in [-0.15, -0.1) is 0 Å². The molecule has 0 aliphatic carbocycles. The maximum Gasteiger partial charge on any atom is 0.338 e. The topological polar surface area (TPSA) is 83.1 Å². The molecule has 0 spiro atoms. The SMILES string of the molecule is CCCCOc1ccc(C(=O)OC(C)C(=O)Nc2ccc3c(c2)OCO3)cc1. The van der Waals surface area contributed by atoms with E-state index in [1.807, 2.05) is 0 Å². The fraction of sp³-hybridized carbons (Fsp3) is 0.333. The van der Waals surface area contributed by atoms with E-state index in [2.05, 4.69) is 12.2 Å². The minimum atomic E-state index is -0.960. The zero-order valence-electron chi connectivity index (χ0n) is 15.9. The summed E-state index contributed by atoms with van der Waals surface area (Å²) in [7, 11) is 0. The first-order valence-corrected chi connectivity index (χ1v) is 9.21. The largest absolute Gasteiger partial charge is 0.494 e. The molecular weight excluding hydrogens is 362 g/mol. The lowest BCUT2D eigenvalue weighted by molar-refractivity contribution is -0.123. The standard InChI is InChI=1S/C21H23NO6/c1-3-4-11-25-17-8-5-15(6-9-17)21(24)28-14(2)20(23)22-16-7-10-18-19(12-16)27-13-26-18/h5-10,12,14H,3-4,11,13H2,1-2H3,(H,22,23). The van der Waals surface area contributed by atoms with Crippen molar-refractivity contribution in [2.24, 2.45) is 0 Å². The average molecular weight is 385 g/mol. The molecule has 28 heavy (non-hydrogen) atoms. The van der Waals surface area contributed by atoms with Gasteiger partial charge in [-0.25, -0.2) is 4.79 Å². The van der Waals surface area contributed by atoms with Gasteiger partial charge in [0.25, 0.3) is 5.91 Å². The first-order chi connectivity index (χ1) is 13.6. The van der Waals surface area contributed by atoms with Gasteiger partial charge < -0.3 is 24.3 Å². The molecule has 3 rings (SSSR count). The highest BCUT2D eigenvalue weighted by Crippen LogP contribution is 2.34. The number of amides is 1. The van der Waals surface area contributed by atoms with Crippen LogP contribution in [0.1, 0.15) is 37.0 Å². The Bertz CT molecular complexity index is 833. The van der Waals surface area contributed by atoms with Crippen LogP contribution in [0.25, 0.3) is 0 Å². The third-order valence-corrected chi connectivity index (χ3v) is 4.15. The molecule has 2 aromatic rings. The zero-order chi connectivity index (χ0) is 19.9. The molecule has 0 bridgehead atoms. The molecule has 0 aromatic heterocycles. The highest BCUT2D eigenvalue weighted by atomic mass is 16.7. The molecule has 0 saturated carbocycles. The summed E-state index contributed by atoms with van der Waals surface area (Å²) in [6.45, 7) is 4.40. The van der Waals surface area contributed by atoms with E-state index in [1.54, 1.807) is 42.5 Å². The van der Waals surface area contributed by atoms with E-state index in [-0.39, 0.29) is 6.79 Å². The predicted octanol–water partition coefficient (Wildman–Crippen LogP) is 3.78. The van der Waals surface area contributed by atoms with E-state index in [0.717, 1.165) is 12.8 Å². The number of benzene rings is 2. The number of hydrogen-bond acceptors (Lipinski definition) is 6. The number of fused-ring (bicyclic) bond motifs is 1. The normalized spacial score (nSPS) is 12.9. The summed E-state index contributed by atoms with van der Waals surface area (Å²) < 4.78 is 21.3. The molecule has 0 saturated heterocycles. The first-order valence-electron chi connectivity index (χ1n) is 9.21. The number of nitrogens with one attached hydrogen (secondary N) is 1. The number of rotatable bonds is 8. The van der Waals surface area contributed by atoms with Crippen LogP contribution in [0.5, 0.6) is 17.2 Å². The van der Waals surface area contributed by atoms with Crippen LogP contribution in [0.4, 0.5) is 5.69 Å². The Labute approximate surface area is 163 Å². The van der Waals surface area contributed by atoms with E-state index >= 15 is 0 Å². The number of esters is 1. The smallest absolute Gasteiger partial charge is 0.338 e. The molecule has 1 aliphatic rings. The fourth-order valence-corrected chi connectivity index (χ4v) is 2.52. The lowest BCUT2D eigenvalue weighted by Crippen LogP contribution is -2.30. The number of hydrogen-bond donors (Lipinski definition) is 1. The Morgan fingerprint density at radius 2 is 1.86 bits per heavy atom. The second-order valence-corrected chi connectivity index (χ2v) is 6.33. The van der Waals surface area contributed by atoms with Crippen molar-refractivity contribution in [3.05, 3.63) is 48.0 Å². The molecule has 1 amide bonds. The maximum absolute atomic E-state index is 12.3. The molecule has 0 radical (unpaired) electrons. The van der Waals surface area contributed by atoms with Crippen LogP contribution in [0.2, 0.25) is 0 Å². The highest BCUT2D eigenvalue weighted by molar-refractivity contribution is 5.97. The van der Waals surface area contributed by atoms with Crippen molar-refractivity contribution < 1.29 is 28.5 Å². The number of anilines is 1. The van der Waals surface area contributed by atoms with Crippen LogP contribution < -0.4 is 19.5 Å². The van der Waals surface area contributed by atoms with Gasteiger partial charge in [0.2, 0.25) is 6.79 Å². The van der Waals surface area contributed by atoms with Gasteiger partial charge >= 0.3 is 5.97 Å². The zero-order valence-corrected chi connectivity index (χ0v) is 15.9. The van der Waals surface area contributed by atoms with Gasteiger partial charge in [0.05, 0.1) is 12.2 Å². The predicted molar refractivity (Wildman–Crippen MR) is 103 cm³/mol. The summed E-state index contributed by atoms with van der Waals surface area (Å²) in [5.41, 5.74) is 0.885. The van der Waals surface area contributed by atoms with Crippen molar-refractivity contribution in [1.82, 2.24) is 0 Å². The van der Waals surface area contributed by atoms with E-state index in [4.69, 9.17) is 18.9 Å². The van der Waals surface area contributed by atoms with E-state index in [0.29, 0.717) is 35.1 Å². The highest BCUT2D eigenvalue weighted by Gasteiger charge is 2.20. The monoisotopic (exact) mass is 385 g/mol. The van der Waals surface area contributed by atoms with Crippen LogP contribution >= 0.6 is 0 Å². The number of carbonyl (C=O) groups excluding carboxylic acids is 2. The second-order valence-electron chi connectivity index (χ2n) is 6.33. The van der Waals surface area contributed by atoms with E-state index in [9.17, 15) is 9.59 Å². The Hall–Kier alpha value is -3.22. The number of ether oxygens (including phenoxy) is 4. The maximum atomic E-state index is 12.3. The molecule has 1 unspecified atom stereocenters. The third kappa shape index (κ3) is 4.94. The lowest BCUT2D eigenvalue weighted by Gasteiger charge is -2.14. The first kappa shape index (κ1) is 19.5. The average Bonchev–Trinajstić information content (AvgIpc) is 3.16. The van der Waals surface area contributed by atoms with Crippen molar-refractivity contribution in [2.45, 2.75) is 32.8 Å². The van der Waals surface area contributed by atoms with E-state index < -0.39 is 18.0 Å². The Kier molecular flexibility index (Phi) is 6.37. The van der Waals surface area contributed by atoms with Crippen LogP contribution in [0.3, 0.4) is 0 Å². The van der Waals surface area contributed by atoms with Gasteiger partial charge in [0, 0.05) is 11.8 Å². The second kappa shape index (κ2) is 9.12. The minimum absolute atomic E-state index is 0.156. The van der Waals surface area contributed by atoms with Gasteiger partial charge in [-0.05, 0) is 49.7 Å². The summed E-state index contributed by atoms with van der Waals surface area (Å²) >= 11 is 0. The Morgan fingerprint density at radius 1 is 1.11 bits per heavy atom. The quantitative estimate of drug-likeness (QED) is 0.550. The van der Waals surface area contributed by atoms with Gasteiger partial charge in [0.1, 0.15) is 5.75 Å². The molecule has 7 nitrogen and oxygen atoms in total. The summed E-state index contributed by atoms with van der Waals surface area (Å²) in [5.74, 6) is 0.863. The van der Waals surface area contributed by atoms with Gasteiger partial charge in [-0.3, -0.25) is 4.79 Å². The summed E-state index contributed by atoms with van der Waals surface area (Å²) in [5, 5.41) is 2.69. The van der Waals surface area contributed by atoms with Gasteiger partial charge in [-0.2, -0.15) is 0 Å². The molecule has 1 aliphatic heterocycles. The van der Waals surface area contributed by atoms with Crippen molar-refractivity contribution in [2.75, 3.05) is 18.7 Å². The summed E-state index contributed by atoms with van der Waals surface area (Å²) in [6, 6.07) is 11.7. The minimum Gasteiger partial charge on any atom is -0.494 e. The number of carbonyl (C=O) groups is 2. The van der Waals surface area contributed by atoms with Gasteiger partial charge in [0.15, 0.2) is 17.6 Å². The van der Waals surface area contributed by atoms with Crippen molar-refractivity contribution in [3.63, 3.8) is 0 Å². The third-order valence-electron chi connectivity index (χ3n) is 4.15. The molecule has 148 valence electrons. The Balaban J connectivity index is 1.52. The van der Waals surface area contributed by atoms with Crippen LogP contribution in [0, 0.1) is 0 Å². The Morgan fingerprint density at radius 3 is 2.61 bits per heavy atom.